The molecular formula is C16H17NO2. The third kappa shape index (κ3) is 3.58. The highest BCUT2D eigenvalue weighted by atomic mass is 16.6. The lowest BCUT2D eigenvalue weighted by atomic mass is 10.1. The summed E-state index contributed by atoms with van der Waals surface area (Å²) in [6, 6.07) is 13.1. The van der Waals surface area contributed by atoms with Crippen LogP contribution in [0.15, 0.2) is 42.5 Å². The molecule has 0 heterocycles. The van der Waals surface area contributed by atoms with Crippen LogP contribution < -0.4 is 10.1 Å². The SMILES string of the molecule is Cc1ccc(NC(=O)Oc2ccc(C)c(C)c2)cc1. The normalized spacial score (nSPS) is 10.1. The van der Waals surface area contributed by atoms with Crippen LogP contribution in [0.5, 0.6) is 5.75 Å². The van der Waals surface area contributed by atoms with Crippen molar-refractivity contribution in [2.45, 2.75) is 20.8 Å². The van der Waals surface area contributed by atoms with Gasteiger partial charge in [0.05, 0.1) is 0 Å². The van der Waals surface area contributed by atoms with Gasteiger partial charge < -0.3 is 4.74 Å². The number of rotatable bonds is 2. The second kappa shape index (κ2) is 5.57. The summed E-state index contributed by atoms with van der Waals surface area (Å²) >= 11 is 0. The summed E-state index contributed by atoms with van der Waals surface area (Å²) in [4.78, 5) is 11.7. The first-order valence-corrected chi connectivity index (χ1v) is 6.17. The lowest BCUT2D eigenvalue weighted by Crippen LogP contribution is -2.16. The summed E-state index contributed by atoms with van der Waals surface area (Å²) < 4.78 is 5.23. The Morgan fingerprint density at radius 1 is 0.947 bits per heavy atom. The second-order valence-electron chi connectivity index (χ2n) is 4.63. The molecule has 0 aromatic heterocycles. The van der Waals surface area contributed by atoms with Crippen molar-refractivity contribution in [2.24, 2.45) is 0 Å². The fourth-order valence-corrected chi connectivity index (χ4v) is 1.66. The number of carbonyl (C=O) groups excluding carboxylic acids is 1. The number of benzene rings is 2. The third-order valence-corrected chi connectivity index (χ3v) is 2.99. The standard InChI is InChI=1S/C16H17NO2/c1-11-4-7-14(8-5-11)17-16(18)19-15-9-6-12(2)13(3)10-15/h4-10H,1-3H3,(H,17,18). The average molecular weight is 255 g/mol. The van der Waals surface area contributed by atoms with Crippen molar-refractivity contribution in [1.82, 2.24) is 0 Å². The van der Waals surface area contributed by atoms with E-state index in [1.54, 1.807) is 6.07 Å². The molecule has 0 spiro atoms. The maximum Gasteiger partial charge on any atom is 0.417 e. The molecule has 1 amide bonds. The van der Waals surface area contributed by atoms with Crippen LogP contribution in [0.1, 0.15) is 16.7 Å². The maximum absolute atomic E-state index is 11.7. The first-order chi connectivity index (χ1) is 9.04. The largest absolute Gasteiger partial charge is 0.417 e. The van der Waals surface area contributed by atoms with Crippen molar-refractivity contribution < 1.29 is 9.53 Å². The summed E-state index contributed by atoms with van der Waals surface area (Å²) in [5.41, 5.74) is 4.14. The Bertz CT molecular complexity index is 588. The summed E-state index contributed by atoms with van der Waals surface area (Å²) in [6.07, 6.45) is -0.480. The highest BCUT2D eigenvalue weighted by Gasteiger charge is 2.05. The Balaban J connectivity index is 2.01. The molecule has 98 valence electrons. The van der Waals surface area contributed by atoms with Crippen LogP contribution in [0.2, 0.25) is 0 Å². The molecule has 2 rings (SSSR count). The minimum atomic E-state index is -0.480. The van der Waals surface area contributed by atoms with E-state index in [-0.39, 0.29) is 0 Å². The first-order valence-electron chi connectivity index (χ1n) is 6.17. The lowest BCUT2D eigenvalue weighted by Gasteiger charge is -2.08. The molecule has 0 saturated carbocycles. The van der Waals surface area contributed by atoms with Crippen molar-refractivity contribution in [3.8, 4) is 5.75 Å². The fourth-order valence-electron chi connectivity index (χ4n) is 1.66. The second-order valence-corrected chi connectivity index (χ2v) is 4.63. The quantitative estimate of drug-likeness (QED) is 0.872. The van der Waals surface area contributed by atoms with Crippen LogP contribution in [0.3, 0.4) is 0 Å². The van der Waals surface area contributed by atoms with Crippen LogP contribution in [0, 0.1) is 20.8 Å². The van der Waals surface area contributed by atoms with Gasteiger partial charge in [-0.05, 0) is 56.2 Å². The van der Waals surface area contributed by atoms with Crippen molar-refractivity contribution in [2.75, 3.05) is 5.32 Å². The van der Waals surface area contributed by atoms with Gasteiger partial charge in [0.25, 0.3) is 0 Å². The van der Waals surface area contributed by atoms with Gasteiger partial charge in [-0.15, -0.1) is 0 Å². The predicted octanol–water partition coefficient (Wildman–Crippen LogP) is 4.22. The zero-order valence-electron chi connectivity index (χ0n) is 11.4. The Morgan fingerprint density at radius 3 is 2.26 bits per heavy atom. The van der Waals surface area contributed by atoms with Gasteiger partial charge in [0.1, 0.15) is 5.75 Å². The van der Waals surface area contributed by atoms with E-state index in [2.05, 4.69) is 5.32 Å². The monoisotopic (exact) mass is 255 g/mol. The molecule has 0 saturated heterocycles. The van der Waals surface area contributed by atoms with Crippen LogP contribution in [-0.4, -0.2) is 6.09 Å². The molecule has 0 aliphatic heterocycles. The van der Waals surface area contributed by atoms with Crippen molar-refractivity contribution in [1.29, 1.82) is 0 Å². The maximum atomic E-state index is 11.7. The number of amides is 1. The number of carbonyl (C=O) groups is 1. The summed E-state index contributed by atoms with van der Waals surface area (Å²) in [5, 5.41) is 2.69. The number of ether oxygens (including phenoxy) is 1. The molecule has 3 nitrogen and oxygen atoms in total. The highest BCUT2D eigenvalue weighted by Crippen LogP contribution is 2.17. The van der Waals surface area contributed by atoms with Gasteiger partial charge in [-0.3, -0.25) is 5.32 Å². The van der Waals surface area contributed by atoms with Gasteiger partial charge in [-0.2, -0.15) is 0 Å². The van der Waals surface area contributed by atoms with E-state index in [9.17, 15) is 4.79 Å². The van der Waals surface area contributed by atoms with Crippen molar-refractivity contribution in [3.05, 3.63) is 59.2 Å². The molecule has 2 aromatic rings. The molecule has 19 heavy (non-hydrogen) atoms. The van der Waals surface area contributed by atoms with Crippen LogP contribution in [0.4, 0.5) is 10.5 Å². The molecule has 0 atom stereocenters. The van der Waals surface area contributed by atoms with Crippen molar-refractivity contribution >= 4 is 11.8 Å². The highest BCUT2D eigenvalue weighted by molar-refractivity contribution is 5.86. The van der Waals surface area contributed by atoms with Crippen molar-refractivity contribution in [3.63, 3.8) is 0 Å². The van der Waals surface area contributed by atoms with E-state index in [4.69, 9.17) is 4.74 Å². The van der Waals surface area contributed by atoms with Gasteiger partial charge >= 0.3 is 6.09 Å². The van der Waals surface area contributed by atoms with Crippen LogP contribution >= 0.6 is 0 Å². The number of aryl methyl sites for hydroxylation is 3. The van der Waals surface area contributed by atoms with Crippen LogP contribution in [0.25, 0.3) is 0 Å². The van der Waals surface area contributed by atoms with E-state index in [1.165, 1.54) is 5.56 Å². The number of nitrogens with one attached hydrogen (secondary N) is 1. The van der Waals surface area contributed by atoms with Gasteiger partial charge in [-0.25, -0.2) is 4.79 Å². The smallest absolute Gasteiger partial charge is 0.410 e. The first kappa shape index (κ1) is 13.1. The summed E-state index contributed by atoms with van der Waals surface area (Å²) in [6.45, 7) is 6.00. The van der Waals surface area contributed by atoms with E-state index in [1.807, 2.05) is 57.2 Å². The Kier molecular flexibility index (Phi) is 3.85. The molecule has 3 heteroatoms. The molecule has 0 unspecified atom stereocenters. The molecule has 0 aliphatic rings. The Morgan fingerprint density at radius 2 is 1.63 bits per heavy atom. The number of anilines is 1. The molecule has 1 N–H and O–H groups in total. The molecular weight excluding hydrogens is 238 g/mol. The molecule has 0 bridgehead atoms. The van der Waals surface area contributed by atoms with Gasteiger partial charge in [0.15, 0.2) is 0 Å². The van der Waals surface area contributed by atoms with Gasteiger partial charge in [0.2, 0.25) is 0 Å². The Labute approximate surface area is 113 Å². The Hall–Kier alpha value is -2.29. The minimum Gasteiger partial charge on any atom is -0.410 e. The lowest BCUT2D eigenvalue weighted by molar-refractivity contribution is 0.215. The molecule has 2 aromatic carbocycles. The van der Waals surface area contributed by atoms with E-state index < -0.39 is 6.09 Å². The number of hydrogen-bond acceptors (Lipinski definition) is 2. The molecule has 0 radical (unpaired) electrons. The minimum absolute atomic E-state index is 0.480. The fraction of sp³-hybridized carbons (Fsp3) is 0.188. The van der Waals surface area contributed by atoms with Crippen LogP contribution in [-0.2, 0) is 0 Å². The van der Waals surface area contributed by atoms with E-state index in [0.29, 0.717) is 5.75 Å². The topological polar surface area (TPSA) is 38.3 Å². The average Bonchev–Trinajstić information content (AvgIpc) is 2.37. The molecule has 0 fully saturated rings. The number of hydrogen-bond donors (Lipinski definition) is 1. The molecule has 0 aliphatic carbocycles. The van der Waals surface area contributed by atoms with E-state index >= 15 is 0 Å². The third-order valence-electron chi connectivity index (χ3n) is 2.99. The summed E-state index contributed by atoms with van der Waals surface area (Å²) in [5.74, 6) is 0.549. The predicted molar refractivity (Wildman–Crippen MR) is 76.7 cm³/mol. The zero-order valence-corrected chi connectivity index (χ0v) is 11.4. The van der Waals surface area contributed by atoms with Gasteiger partial charge in [-0.1, -0.05) is 23.8 Å². The van der Waals surface area contributed by atoms with E-state index in [0.717, 1.165) is 16.8 Å². The zero-order chi connectivity index (χ0) is 13.8. The summed E-state index contributed by atoms with van der Waals surface area (Å²) in [7, 11) is 0. The van der Waals surface area contributed by atoms with Gasteiger partial charge in [0, 0.05) is 5.69 Å².